The van der Waals surface area contributed by atoms with Crippen molar-refractivity contribution >= 4 is 27.4 Å². The highest BCUT2D eigenvalue weighted by atomic mass is 32.2. The van der Waals surface area contributed by atoms with Crippen molar-refractivity contribution < 1.29 is 27.2 Å². The number of nitrogens with zero attached hydrogens (tertiary/aromatic N) is 1. The van der Waals surface area contributed by atoms with Gasteiger partial charge in [-0.25, -0.2) is 12.8 Å². The van der Waals surface area contributed by atoms with Crippen LogP contribution in [0, 0.1) is 5.82 Å². The molecule has 2 aromatic rings. The molecule has 1 aliphatic rings. The van der Waals surface area contributed by atoms with E-state index < -0.39 is 38.3 Å². The van der Waals surface area contributed by atoms with Crippen molar-refractivity contribution in [2.75, 3.05) is 25.9 Å². The van der Waals surface area contributed by atoms with Crippen LogP contribution >= 0.6 is 0 Å². The molecule has 0 atom stereocenters. The van der Waals surface area contributed by atoms with E-state index in [2.05, 4.69) is 5.32 Å². The minimum absolute atomic E-state index is 0.202. The van der Waals surface area contributed by atoms with Gasteiger partial charge in [0.15, 0.2) is 15.6 Å². The van der Waals surface area contributed by atoms with E-state index in [9.17, 15) is 27.2 Å². The topological polar surface area (TPSA) is 101 Å². The van der Waals surface area contributed by atoms with Gasteiger partial charge in [0.05, 0.1) is 10.8 Å². The molecule has 1 heterocycles. The Balaban J connectivity index is 1.74. The number of rotatable bonds is 6. The first kappa shape index (κ1) is 22.6. The fraction of sp³-hybridized carbons (Fsp3) is 0.318. The Kier molecular flexibility index (Phi) is 6.84. The standard InChI is InChI=1S/C22H23FN2O5S/c1-24-20(26)14-31(29,30)17-10-12-25(13-11-17)22(28)19-5-3-2-4-18(19)21(27)15-6-8-16(23)9-7-15/h2-9,17H,10-14H2,1H3,(H,24,26). The SMILES string of the molecule is CNC(=O)CS(=O)(=O)C1CCN(C(=O)c2ccccc2C(=O)c2ccc(F)cc2)CC1. The number of carbonyl (C=O) groups excluding carboxylic acids is 3. The van der Waals surface area contributed by atoms with Crippen LogP contribution in [0.2, 0.25) is 0 Å². The van der Waals surface area contributed by atoms with Crippen molar-refractivity contribution in [3.8, 4) is 0 Å². The van der Waals surface area contributed by atoms with Crippen LogP contribution in [0.4, 0.5) is 4.39 Å². The summed E-state index contributed by atoms with van der Waals surface area (Å²) in [4.78, 5) is 38.9. The third-order valence-electron chi connectivity index (χ3n) is 5.36. The maximum atomic E-state index is 13.2. The number of halogens is 1. The van der Waals surface area contributed by atoms with Crippen molar-refractivity contribution in [2.45, 2.75) is 18.1 Å². The summed E-state index contributed by atoms with van der Waals surface area (Å²) in [6.45, 7) is 0.408. The molecule has 1 fully saturated rings. The maximum Gasteiger partial charge on any atom is 0.254 e. The average Bonchev–Trinajstić information content (AvgIpc) is 2.78. The molecule has 1 saturated heterocycles. The second-order valence-electron chi connectivity index (χ2n) is 7.35. The predicted octanol–water partition coefficient (Wildman–Crippen LogP) is 1.82. The molecule has 0 saturated carbocycles. The maximum absolute atomic E-state index is 13.2. The van der Waals surface area contributed by atoms with Gasteiger partial charge in [0.25, 0.3) is 5.91 Å². The van der Waals surface area contributed by atoms with Gasteiger partial charge in [-0.05, 0) is 43.2 Å². The average molecular weight is 447 g/mol. The predicted molar refractivity (Wildman–Crippen MR) is 113 cm³/mol. The monoisotopic (exact) mass is 446 g/mol. The Bertz CT molecular complexity index is 1090. The van der Waals surface area contributed by atoms with Crippen molar-refractivity contribution in [3.05, 3.63) is 71.0 Å². The van der Waals surface area contributed by atoms with Gasteiger partial charge in [0.2, 0.25) is 5.91 Å². The fourth-order valence-corrected chi connectivity index (χ4v) is 5.26. The highest BCUT2D eigenvalue weighted by molar-refractivity contribution is 7.92. The third-order valence-corrected chi connectivity index (χ3v) is 7.51. The first-order valence-electron chi connectivity index (χ1n) is 9.83. The first-order valence-corrected chi connectivity index (χ1v) is 11.5. The number of sulfone groups is 1. The second kappa shape index (κ2) is 9.38. The molecular weight excluding hydrogens is 423 g/mol. The molecule has 164 valence electrons. The molecule has 0 bridgehead atoms. The summed E-state index contributed by atoms with van der Waals surface area (Å²) in [6, 6.07) is 11.5. The molecule has 0 radical (unpaired) electrons. The van der Waals surface area contributed by atoms with E-state index in [1.807, 2.05) is 0 Å². The lowest BCUT2D eigenvalue weighted by molar-refractivity contribution is -0.118. The molecule has 0 unspecified atom stereocenters. The number of ketones is 1. The Labute approximate surface area is 180 Å². The first-order chi connectivity index (χ1) is 14.7. The van der Waals surface area contributed by atoms with Gasteiger partial charge in [-0.3, -0.25) is 14.4 Å². The van der Waals surface area contributed by atoms with Gasteiger partial charge in [0, 0.05) is 31.3 Å². The Hall–Kier alpha value is -3.07. The fourth-order valence-electron chi connectivity index (χ4n) is 3.59. The molecule has 0 aromatic heterocycles. The van der Waals surface area contributed by atoms with Crippen LogP contribution in [0.15, 0.2) is 48.5 Å². The molecule has 2 amide bonds. The van der Waals surface area contributed by atoms with Crippen molar-refractivity contribution in [3.63, 3.8) is 0 Å². The van der Waals surface area contributed by atoms with E-state index in [0.29, 0.717) is 0 Å². The smallest absolute Gasteiger partial charge is 0.254 e. The Morgan fingerprint density at radius 3 is 2.16 bits per heavy atom. The molecule has 7 nitrogen and oxygen atoms in total. The van der Waals surface area contributed by atoms with E-state index >= 15 is 0 Å². The van der Waals surface area contributed by atoms with Crippen LogP contribution in [-0.2, 0) is 14.6 Å². The Morgan fingerprint density at radius 1 is 1.00 bits per heavy atom. The summed E-state index contributed by atoms with van der Waals surface area (Å²) >= 11 is 0. The minimum atomic E-state index is -3.60. The molecule has 0 spiro atoms. The van der Waals surface area contributed by atoms with E-state index in [4.69, 9.17) is 0 Å². The van der Waals surface area contributed by atoms with Crippen LogP contribution in [-0.4, -0.2) is 62.1 Å². The van der Waals surface area contributed by atoms with Crippen LogP contribution in [0.3, 0.4) is 0 Å². The van der Waals surface area contributed by atoms with E-state index in [-0.39, 0.29) is 48.5 Å². The van der Waals surface area contributed by atoms with Gasteiger partial charge in [-0.2, -0.15) is 0 Å². The summed E-state index contributed by atoms with van der Waals surface area (Å²) < 4.78 is 38.0. The number of hydrogen-bond acceptors (Lipinski definition) is 5. The summed E-state index contributed by atoms with van der Waals surface area (Å²) in [5, 5.41) is 1.62. The Morgan fingerprint density at radius 2 is 1.58 bits per heavy atom. The van der Waals surface area contributed by atoms with Crippen LogP contribution in [0.5, 0.6) is 0 Å². The van der Waals surface area contributed by atoms with E-state index in [1.54, 1.807) is 24.3 Å². The number of amides is 2. The highest BCUT2D eigenvalue weighted by Gasteiger charge is 2.33. The third kappa shape index (κ3) is 5.16. The molecule has 1 N–H and O–H groups in total. The summed E-state index contributed by atoms with van der Waals surface area (Å²) in [7, 11) is -2.23. The zero-order valence-electron chi connectivity index (χ0n) is 17.0. The van der Waals surface area contributed by atoms with Crippen molar-refractivity contribution in [1.29, 1.82) is 0 Å². The van der Waals surface area contributed by atoms with Crippen molar-refractivity contribution in [2.24, 2.45) is 0 Å². The number of benzene rings is 2. The largest absolute Gasteiger partial charge is 0.358 e. The zero-order chi connectivity index (χ0) is 22.6. The van der Waals surface area contributed by atoms with Gasteiger partial charge in [-0.1, -0.05) is 18.2 Å². The molecule has 2 aromatic carbocycles. The quantitative estimate of drug-likeness (QED) is 0.683. The molecule has 1 aliphatic heterocycles. The number of likely N-dealkylation sites (tertiary alicyclic amines) is 1. The number of nitrogens with one attached hydrogen (secondary N) is 1. The van der Waals surface area contributed by atoms with Gasteiger partial charge in [-0.15, -0.1) is 0 Å². The summed E-state index contributed by atoms with van der Waals surface area (Å²) in [5.74, 6) is -2.36. The highest BCUT2D eigenvalue weighted by Crippen LogP contribution is 2.23. The number of piperidine rings is 1. The lowest BCUT2D eigenvalue weighted by Crippen LogP contribution is -2.44. The molecular formula is C22H23FN2O5S. The minimum Gasteiger partial charge on any atom is -0.358 e. The van der Waals surface area contributed by atoms with Crippen LogP contribution in [0.1, 0.15) is 39.1 Å². The zero-order valence-corrected chi connectivity index (χ0v) is 17.8. The lowest BCUT2D eigenvalue weighted by Gasteiger charge is -2.32. The second-order valence-corrected chi connectivity index (χ2v) is 9.63. The lowest BCUT2D eigenvalue weighted by atomic mass is 9.97. The van der Waals surface area contributed by atoms with Crippen molar-refractivity contribution in [1.82, 2.24) is 10.2 Å². The van der Waals surface area contributed by atoms with Crippen LogP contribution in [0.25, 0.3) is 0 Å². The molecule has 9 heteroatoms. The number of carbonyl (C=O) groups is 3. The van der Waals surface area contributed by atoms with Crippen LogP contribution < -0.4 is 5.32 Å². The summed E-state index contributed by atoms with van der Waals surface area (Å²) in [5.41, 5.74) is 0.678. The molecule has 0 aliphatic carbocycles. The van der Waals surface area contributed by atoms with Gasteiger partial charge in [0.1, 0.15) is 11.6 Å². The number of hydrogen-bond donors (Lipinski definition) is 1. The summed E-state index contributed by atoms with van der Waals surface area (Å²) in [6.07, 6.45) is 0.443. The van der Waals surface area contributed by atoms with Gasteiger partial charge < -0.3 is 10.2 Å². The normalized spacial score (nSPS) is 14.8. The molecule has 31 heavy (non-hydrogen) atoms. The van der Waals surface area contributed by atoms with E-state index in [1.165, 1.54) is 36.2 Å². The molecule has 3 rings (SSSR count). The van der Waals surface area contributed by atoms with Gasteiger partial charge >= 0.3 is 0 Å². The van der Waals surface area contributed by atoms with E-state index in [0.717, 1.165) is 0 Å².